The maximum Gasteiger partial charge on any atom is 0.123 e. The molecule has 0 aliphatic heterocycles. The van der Waals surface area contributed by atoms with Crippen molar-refractivity contribution in [2.24, 2.45) is 0 Å². The van der Waals surface area contributed by atoms with Gasteiger partial charge >= 0.3 is 0 Å². The van der Waals surface area contributed by atoms with Gasteiger partial charge in [-0.1, -0.05) is 11.6 Å². The van der Waals surface area contributed by atoms with E-state index in [4.69, 9.17) is 11.6 Å². The van der Waals surface area contributed by atoms with Crippen LogP contribution in [0.1, 0.15) is 18.6 Å². The summed E-state index contributed by atoms with van der Waals surface area (Å²) in [6.45, 7) is 1.57. The van der Waals surface area contributed by atoms with Crippen molar-refractivity contribution < 1.29 is 9.50 Å². The summed E-state index contributed by atoms with van der Waals surface area (Å²) in [6, 6.07) is 4.16. The third kappa shape index (κ3) is 2.08. The van der Waals surface area contributed by atoms with Crippen molar-refractivity contribution in [2.45, 2.75) is 13.0 Å². The average molecular weight is 241 g/mol. The SMILES string of the molecule is C[C@@H](O)c1cc(F)ccc1-n1cc(Cl)cn1. The summed E-state index contributed by atoms with van der Waals surface area (Å²) < 4.78 is 14.6. The van der Waals surface area contributed by atoms with E-state index >= 15 is 0 Å². The van der Waals surface area contributed by atoms with E-state index in [1.807, 2.05) is 0 Å². The lowest BCUT2D eigenvalue weighted by atomic mass is 10.1. The first-order valence-electron chi connectivity index (χ1n) is 4.76. The van der Waals surface area contributed by atoms with E-state index in [0.29, 0.717) is 16.3 Å². The van der Waals surface area contributed by atoms with Crippen molar-refractivity contribution in [3.8, 4) is 5.69 Å². The fourth-order valence-electron chi connectivity index (χ4n) is 1.50. The summed E-state index contributed by atoms with van der Waals surface area (Å²) in [5.74, 6) is -0.391. The standard InChI is InChI=1S/C11H10ClFN2O/c1-7(16)10-4-9(13)2-3-11(10)15-6-8(12)5-14-15/h2-7,16H,1H3/t7-/m1/s1. The Labute approximate surface area is 97.1 Å². The van der Waals surface area contributed by atoms with Gasteiger partial charge in [0, 0.05) is 11.8 Å². The topological polar surface area (TPSA) is 38.0 Å². The predicted molar refractivity (Wildman–Crippen MR) is 59.2 cm³/mol. The number of hydrogen-bond acceptors (Lipinski definition) is 2. The maximum absolute atomic E-state index is 13.1. The van der Waals surface area contributed by atoms with Crippen LogP contribution < -0.4 is 0 Å². The zero-order chi connectivity index (χ0) is 11.7. The van der Waals surface area contributed by atoms with Crippen molar-refractivity contribution >= 4 is 11.6 Å². The van der Waals surface area contributed by atoms with Crippen molar-refractivity contribution in [3.63, 3.8) is 0 Å². The number of hydrogen-bond donors (Lipinski definition) is 1. The molecule has 0 saturated carbocycles. The molecule has 0 aliphatic carbocycles. The highest BCUT2D eigenvalue weighted by Gasteiger charge is 2.11. The van der Waals surface area contributed by atoms with Crippen LogP contribution in [0.15, 0.2) is 30.6 Å². The van der Waals surface area contributed by atoms with Crippen LogP contribution >= 0.6 is 11.6 Å². The van der Waals surface area contributed by atoms with Gasteiger partial charge in [0.15, 0.2) is 0 Å². The van der Waals surface area contributed by atoms with Crippen LogP contribution in [0.25, 0.3) is 5.69 Å². The second-order valence-corrected chi connectivity index (χ2v) is 3.92. The van der Waals surface area contributed by atoms with Crippen LogP contribution in [-0.4, -0.2) is 14.9 Å². The summed E-state index contributed by atoms with van der Waals surface area (Å²) in [5.41, 5.74) is 1.09. The lowest BCUT2D eigenvalue weighted by molar-refractivity contribution is 0.198. The van der Waals surface area contributed by atoms with Gasteiger partial charge in [0.2, 0.25) is 0 Å². The van der Waals surface area contributed by atoms with E-state index < -0.39 is 11.9 Å². The van der Waals surface area contributed by atoms with Gasteiger partial charge in [-0.3, -0.25) is 0 Å². The Morgan fingerprint density at radius 1 is 1.50 bits per heavy atom. The van der Waals surface area contributed by atoms with Crippen LogP contribution in [0.2, 0.25) is 5.02 Å². The zero-order valence-corrected chi connectivity index (χ0v) is 9.32. The molecule has 1 heterocycles. The minimum absolute atomic E-state index is 0.391. The summed E-state index contributed by atoms with van der Waals surface area (Å²) in [4.78, 5) is 0. The van der Waals surface area contributed by atoms with Crippen molar-refractivity contribution in [1.29, 1.82) is 0 Å². The summed E-state index contributed by atoms with van der Waals surface area (Å²) >= 11 is 5.75. The highest BCUT2D eigenvalue weighted by molar-refractivity contribution is 6.30. The number of nitrogens with zero attached hydrogens (tertiary/aromatic N) is 2. The first-order valence-corrected chi connectivity index (χ1v) is 5.14. The van der Waals surface area contributed by atoms with Crippen LogP contribution in [-0.2, 0) is 0 Å². The van der Waals surface area contributed by atoms with E-state index in [2.05, 4.69) is 5.10 Å². The Morgan fingerprint density at radius 3 is 2.81 bits per heavy atom. The molecule has 84 valence electrons. The van der Waals surface area contributed by atoms with E-state index in [-0.39, 0.29) is 0 Å². The second kappa shape index (κ2) is 4.23. The third-order valence-corrected chi connectivity index (χ3v) is 2.43. The van der Waals surface area contributed by atoms with Gasteiger partial charge in [-0.2, -0.15) is 5.10 Å². The van der Waals surface area contributed by atoms with E-state index in [9.17, 15) is 9.50 Å². The molecule has 5 heteroatoms. The third-order valence-electron chi connectivity index (χ3n) is 2.24. The van der Waals surface area contributed by atoms with Crippen molar-refractivity contribution in [1.82, 2.24) is 9.78 Å². The van der Waals surface area contributed by atoms with Gasteiger partial charge in [-0.15, -0.1) is 0 Å². The molecule has 1 aromatic heterocycles. The lowest BCUT2D eigenvalue weighted by Gasteiger charge is -2.11. The predicted octanol–water partition coefficient (Wildman–Crippen LogP) is 2.72. The molecule has 2 aromatic rings. The number of aromatic nitrogens is 2. The van der Waals surface area contributed by atoms with Crippen molar-refractivity contribution in [3.05, 3.63) is 47.0 Å². The Balaban J connectivity index is 2.56. The molecule has 0 spiro atoms. The lowest BCUT2D eigenvalue weighted by Crippen LogP contribution is -2.03. The minimum Gasteiger partial charge on any atom is -0.389 e. The highest BCUT2D eigenvalue weighted by Crippen LogP contribution is 2.23. The molecule has 3 nitrogen and oxygen atoms in total. The molecule has 0 saturated heterocycles. The molecule has 0 fully saturated rings. The van der Waals surface area contributed by atoms with E-state index in [1.165, 1.54) is 23.0 Å². The maximum atomic E-state index is 13.1. The average Bonchev–Trinajstić information content (AvgIpc) is 2.64. The van der Waals surface area contributed by atoms with Gasteiger partial charge in [0.05, 0.1) is 23.0 Å². The Kier molecular flexibility index (Phi) is 2.94. The van der Waals surface area contributed by atoms with Crippen LogP contribution in [0.4, 0.5) is 4.39 Å². The molecular formula is C11H10ClFN2O. The van der Waals surface area contributed by atoms with Gasteiger partial charge in [0.25, 0.3) is 0 Å². The Bertz CT molecular complexity index is 510. The molecule has 0 bridgehead atoms. The normalized spacial score (nSPS) is 12.8. The molecule has 1 aromatic carbocycles. The molecule has 0 amide bonds. The summed E-state index contributed by atoms with van der Waals surface area (Å²) in [5, 5.41) is 14.1. The molecule has 0 aliphatic rings. The molecule has 0 radical (unpaired) electrons. The number of benzene rings is 1. The highest BCUT2D eigenvalue weighted by atomic mass is 35.5. The first kappa shape index (κ1) is 11.1. The largest absolute Gasteiger partial charge is 0.389 e. The molecule has 2 rings (SSSR count). The summed E-state index contributed by atoms with van der Waals surface area (Å²) in [6.07, 6.45) is 2.31. The Morgan fingerprint density at radius 2 is 2.25 bits per heavy atom. The van der Waals surface area contributed by atoms with Crippen LogP contribution in [0.3, 0.4) is 0 Å². The fraction of sp³-hybridized carbons (Fsp3) is 0.182. The molecule has 1 atom stereocenters. The number of halogens is 2. The summed E-state index contributed by atoms with van der Waals surface area (Å²) in [7, 11) is 0. The molecular weight excluding hydrogens is 231 g/mol. The molecule has 0 unspecified atom stereocenters. The van der Waals surface area contributed by atoms with Crippen LogP contribution in [0.5, 0.6) is 0 Å². The minimum atomic E-state index is -0.770. The first-order chi connectivity index (χ1) is 7.58. The van der Waals surface area contributed by atoms with Gasteiger partial charge in [-0.05, 0) is 25.1 Å². The number of aliphatic hydroxyl groups is 1. The number of rotatable bonds is 2. The monoisotopic (exact) mass is 240 g/mol. The zero-order valence-electron chi connectivity index (χ0n) is 8.56. The molecule has 1 N–H and O–H groups in total. The van der Waals surface area contributed by atoms with Crippen molar-refractivity contribution in [2.75, 3.05) is 0 Å². The second-order valence-electron chi connectivity index (χ2n) is 3.48. The van der Waals surface area contributed by atoms with E-state index in [1.54, 1.807) is 19.2 Å². The van der Waals surface area contributed by atoms with Gasteiger partial charge in [-0.25, -0.2) is 9.07 Å². The van der Waals surface area contributed by atoms with Crippen LogP contribution in [0, 0.1) is 5.82 Å². The van der Waals surface area contributed by atoms with Gasteiger partial charge < -0.3 is 5.11 Å². The smallest absolute Gasteiger partial charge is 0.123 e. The Hall–Kier alpha value is -1.39. The number of aliphatic hydroxyl groups excluding tert-OH is 1. The fourth-order valence-corrected chi connectivity index (χ4v) is 1.64. The van der Waals surface area contributed by atoms with E-state index in [0.717, 1.165) is 0 Å². The quantitative estimate of drug-likeness (QED) is 0.877. The van der Waals surface area contributed by atoms with Gasteiger partial charge in [0.1, 0.15) is 5.82 Å². The molecule has 16 heavy (non-hydrogen) atoms.